The van der Waals surface area contributed by atoms with Gasteiger partial charge in [0.2, 0.25) is 0 Å². The van der Waals surface area contributed by atoms with Gasteiger partial charge >= 0.3 is 0 Å². The molecular formula is C20H22N6O2. The van der Waals surface area contributed by atoms with E-state index in [1.807, 2.05) is 25.3 Å². The molecule has 1 aromatic carbocycles. The number of hydrogen-bond donors (Lipinski definition) is 3. The largest absolute Gasteiger partial charge is 0.383 e. The van der Waals surface area contributed by atoms with Crippen molar-refractivity contribution in [1.29, 1.82) is 0 Å². The third kappa shape index (κ3) is 4.59. The lowest BCUT2D eigenvalue weighted by molar-refractivity contribution is 0.0954. The van der Waals surface area contributed by atoms with Crippen LogP contribution >= 0.6 is 0 Å². The van der Waals surface area contributed by atoms with E-state index in [9.17, 15) is 9.59 Å². The van der Waals surface area contributed by atoms with Crippen molar-refractivity contribution in [2.45, 2.75) is 26.7 Å². The molecule has 8 nitrogen and oxygen atoms in total. The van der Waals surface area contributed by atoms with Crippen LogP contribution < -0.4 is 16.6 Å². The Balaban J connectivity index is 1.65. The normalized spacial score (nSPS) is 10.6. The zero-order valence-corrected chi connectivity index (χ0v) is 15.8. The van der Waals surface area contributed by atoms with Crippen molar-refractivity contribution in [1.82, 2.24) is 25.3 Å². The molecule has 3 rings (SSSR count). The van der Waals surface area contributed by atoms with Gasteiger partial charge < -0.3 is 16.0 Å². The molecule has 0 fully saturated rings. The Morgan fingerprint density at radius 3 is 2.64 bits per heavy atom. The van der Waals surface area contributed by atoms with Crippen molar-refractivity contribution in [3.05, 3.63) is 69.7 Å². The van der Waals surface area contributed by atoms with Crippen LogP contribution in [0.15, 0.2) is 41.3 Å². The first-order valence-electron chi connectivity index (χ1n) is 9.03. The maximum Gasteiger partial charge on any atom is 0.252 e. The lowest BCUT2D eigenvalue weighted by atomic mass is 10.0. The number of benzene rings is 1. The average Bonchev–Trinajstić information content (AvgIpc) is 2.67. The van der Waals surface area contributed by atoms with Crippen LogP contribution in [-0.2, 0) is 12.8 Å². The molecule has 0 radical (unpaired) electrons. The molecule has 0 unspecified atom stereocenters. The van der Waals surface area contributed by atoms with Crippen LogP contribution in [0.2, 0.25) is 0 Å². The van der Waals surface area contributed by atoms with Gasteiger partial charge in [-0.2, -0.15) is 0 Å². The number of nitrogen functional groups attached to an aromatic ring is 1. The second-order valence-corrected chi connectivity index (χ2v) is 6.34. The number of carbonyl (C=O) groups excluding carboxylic acids is 1. The lowest BCUT2D eigenvalue weighted by Gasteiger charge is -2.09. The molecule has 0 spiro atoms. The highest BCUT2D eigenvalue weighted by atomic mass is 16.1. The van der Waals surface area contributed by atoms with Crippen molar-refractivity contribution < 1.29 is 4.79 Å². The van der Waals surface area contributed by atoms with Crippen LogP contribution in [0.3, 0.4) is 0 Å². The van der Waals surface area contributed by atoms with Crippen molar-refractivity contribution in [3.63, 3.8) is 0 Å². The van der Waals surface area contributed by atoms with Crippen LogP contribution in [-0.4, -0.2) is 32.4 Å². The fourth-order valence-corrected chi connectivity index (χ4v) is 2.83. The van der Waals surface area contributed by atoms with Gasteiger partial charge in [-0.3, -0.25) is 9.59 Å². The van der Waals surface area contributed by atoms with Crippen molar-refractivity contribution in [2.24, 2.45) is 0 Å². The highest BCUT2D eigenvalue weighted by Gasteiger charge is 2.10. The van der Waals surface area contributed by atoms with Crippen LogP contribution in [0, 0.1) is 6.92 Å². The topological polar surface area (TPSA) is 127 Å². The molecular weight excluding hydrogens is 356 g/mol. The van der Waals surface area contributed by atoms with Gasteiger partial charge in [0.25, 0.3) is 11.5 Å². The molecule has 144 valence electrons. The number of aromatic nitrogens is 4. The summed E-state index contributed by atoms with van der Waals surface area (Å²) in [6.45, 7) is 4.24. The summed E-state index contributed by atoms with van der Waals surface area (Å²) in [6.07, 6.45) is 3.05. The van der Waals surface area contributed by atoms with E-state index >= 15 is 0 Å². The standard InChI is InChI=1S/C20H22N6O2/c1-3-13-11-23-12(2)24-19(13)14-4-6-15(7-5-14)20(28)22-9-8-17-25-16(21)10-18(27)26-17/h4-7,10-11H,3,8-9H2,1-2H3,(H,22,28)(H3,21,25,26,27). The molecule has 2 aromatic heterocycles. The van der Waals surface area contributed by atoms with Gasteiger partial charge in [0.05, 0.1) is 5.69 Å². The molecule has 0 aliphatic carbocycles. The number of rotatable bonds is 6. The average molecular weight is 378 g/mol. The molecule has 0 bridgehead atoms. The molecule has 8 heteroatoms. The molecule has 0 aliphatic rings. The van der Waals surface area contributed by atoms with E-state index < -0.39 is 0 Å². The first kappa shape index (κ1) is 19.2. The molecule has 4 N–H and O–H groups in total. The predicted molar refractivity (Wildman–Crippen MR) is 107 cm³/mol. The van der Waals surface area contributed by atoms with Crippen LogP contribution in [0.5, 0.6) is 0 Å². The maximum absolute atomic E-state index is 12.3. The molecule has 3 aromatic rings. The number of nitrogens with one attached hydrogen (secondary N) is 2. The monoisotopic (exact) mass is 378 g/mol. The summed E-state index contributed by atoms with van der Waals surface area (Å²) in [7, 11) is 0. The van der Waals surface area contributed by atoms with Gasteiger partial charge in [-0.15, -0.1) is 0 Å². The number of H-pyrrole nitrogens is 1. The summed E-state index contributed by atoms with van der Waals surface area (Å²) in [5.74, 6) is 1.11. The molecule has 0 atom stereocenters. The zero-order valence-electron chi connectivity index (χ0n) is 15.8. The Kier molecular flexibility index (Phi) is 5.78. The second kappa shape index (κ2) is 8.43. The first-order valence-corrected chi connectivity index (χ1v) is 9.03. The summed E-state index contributed by atoms with van der Waals surface area (Å²) >= 11 is 0. The number of amides is 1. The summed E-state index contributed by atoms with van der Waals surface area (Å²) in [6, 6.07) is 8.51. The molecule has 0 saturated heterocycles. The number of aryl methyl sites for hydroxylation is 2. The minimum Gasteiger partial charge on any atom is -0.383 e. The quantitative estimate of drug-likeness (QED) is 0.599. The lowest BCUT2D eigenvalue weighted by Crippen LogP contribution is -2.26. The smallest absolute Gasteiger partial charge is 0.252 e. The van der Waals surface area contributed by atoms with Crippen molar-refractivity contribution in [2.75, 3.05) is 12.3 Å². The fraction of sp³-hybridized carbons (Fsp3) is 0.250. The van der Waals surface area contributed by atoms with E-state index in [2.05, 4.69) is 32.2 Å². The summed E-state index contributed by atoms with van der Waals surface area (Å²) in [4.78, 5) is 39.1. The van der Waals surface area contributed by atoms with Crippen molar-refractivity contribution in [3.8, 4) is 11.3 Å². The summed E-state index contributed by atoms with van der Waals surface area (Å²) in [5.41, 5.74) is 8.67. The highest BCUT2D eigenvalue weighted by molar-refractivity contribution is 5.94. The minimum absolute atomic E-state index is 0.159. The van der Waals surface area contributed by atoms with Crippen molar-refractivity contribution >= 4 is 11.7 Å². The number of nitrogens with two attached hydrogens (primary N) is 1. The molecule has 28 heavy (non-hydrogen) atoms. The number of hydrogen-bond acceptors (Lipinski definition) is 6. The second-order valence-electron chi connectivity index (χ2n) is 6.34. The number of nitrogens with zero attached hydrogens (tertiary/aromatic N) is 3. The third-order valence-corrected chi connectivity index (χ3v) is 4.24. The Hall–Kier alpha value is -3.55. The molecule has 0 aliphatic heterocycles. The van der Waals surface area contributed by atoms with E-state index in [1.54, 1.807) is 12.1 Å². The Labute approximate surface area is 162 Å². The van der Waals surface area contributed by atoms with E-state index in [1.165, 1.54) is 6.07 Å². The van der Waals surface area contributed by atoms with Gasteiger partial charge in [-0.25, -0.2) is 15.0 Å². The number of anilines is 1. The molecule has 2 heterocycles. The van der Waals surface area contributed by atoms with Gasteiger partial charge in [0.1, 0.15) is 17.5 Å². The van der Waals surface area contributed by atoms with Crippen LogP contribution in [0.1, 0.15) is 34.5 Å². The Morgan fingerprint density at radius 1 is 1.21 bits per heavy atom. The first-order chi connectivity index (χ1) is 13.5. The van der Waals surface area contributed by atoms with E-state index in [0.29, 0.717) is 30.2 Å². The van der Waals surface area contributed by atoms with Gasteiger partial charge in [-0.05, 0) is 31.0 Å². The fourth-order valence-electron chi connectivity index (χ4n) is 2.83. The van der Waals surface area contributed by atoms with E-state index in [0.717, 1.165) is 23.2 Å². The molecule has 1 amide bonds. The SMILES string of the molecule is CCc1cnc(C)nc1-c1ccc(C(=O)NCCc2nc(N)cc(=O)[nH]2)cc1. The highest BCUT2D eigenvalue weighted by Crippen LogP contribution is 2.22. The summed E-state index contributed by atoms with van der Waals surface area (Å²) < 4.78 is 0. The maximum atomic E-state index is 12.3. The van der Waals surface area contributed by atoms with Crippen LogP contribution in [0.25, 0.3) is 11.3 Å². The predicted octanol–water partition coefficient (Wildman–Crippen LogP) is 1.65. The zero-order chi connectivity index (χ0) is 20.1. The Bertz CT molecular complexity index is 1040. The minimum atomic E-state index is -0.309. The van der Waals surface area contributed by atoms with Crippen LogP contribution in [0.4, 0.5) is 5.82 Å². The van der Waals surface area contributed by atoms with Gasteiger partial charge in [0, 0.05) is 36.4 Å². The third-order valence-electron chi connectivity index (χ3n) is 4.24. The summed E-state index contributed by atoms with van der Waals surface area (Å²) in [5, 5.41) is 2.81. The van der Waals surface area contributed by atoms with Gasteiger partial charge in [-0.1, -0.05) is 19.1 Å². The van der Waals surface area contributed by atoms with E-state index in [4.69, 9.17) is 5.73 Å². The Morgan fingerprint density at radius 2 is 1.96 bits per heavy atom. The number of carbonyl (C=O) groups is 1. The number of aromatic amines is 1. The van der Waals surface area contributed by atoms with Gasteiger partial charge in [0.15, 0.2) is 0 Å². The molecule has 0 saturated carbocycles. The van der Waals surface area contributed by atoms with E-state index in [-0.39, 0.29) is 17.3 Å².